The number of hydrogen-bond donors (Lipinski definition) is 1. The molecule has 2 heterocycles. The fourth-order valence-electron chi connectivity index (χ4n) is 4.04. The van der Waals surface area contributed by atoms with Gasteiger partial charge < -0.3 is 19.6 Å². The van der Waals surface area contributed by atoms with E-state index >= 15 is 0 Å². The molecule has 28 heavy (non-hydrogen) atoms. The number of carbonyl (C=O) groups is 2. The summed E-state index contributed by atoms with van der Waals surface area (Å²) < 4.78 is 5.33. The number of carbonyl (C=O) groups excluding carboxylic acids is 2. The fraction of sp³-hybridized carbons (Fsp3) is 0.545. The van der Waals surface area contributed by atoms with Crippen LogP contribution in [-0.2, 0) is 9.59 Å². The van der Waals surface area contributed by atoms with Crippen LogP contribution in [0.4, 0.5) is 0 Å². The summed E-state index contributed by atoms with van der Waals surface area (Å²) in [6, 6.07) is 6.79. The van der Waals surface area contributed by atoms with Gasteiger partial charge in [-0.1, -0.05) is 32.4 Å². The Hall–Kier alpha value is -2.34. The highest BCUT2D eigenvalue weighted by Crippen LogP contribution is 2.39. The maximum absolute atomic E-state index is 12.9. The van der Waals surface area contributed by atoms with Crippen LogP contribution in [0.25, 0.3) is 0 Å². The number of Topliss-reactive ketones (excluding diaryl/α,β-unsaturated/α-hetero) is 1. The number of methoxy groups -OCH3 is 1. The number of rotatable bonds is 7. The molecule has 1 aromatic rings. The van der Waals surface area contributed by atoms with E-state index in [9.17, 15) is 14.7 Å². The summed E-state index contributed by atoms with van der Waals surface area (Å²) in [5.74, 6) is -0.720. The summed E-state index contributed by atoms with van der Waals surface area (Å²) in [6.07, 6.45) is 3.60. The minimum atomic E-state index is -0.581. The molecule has 2 aliphatic heterocycles. The molecular weight excluding hydrogens is 356 g/mol. The highest BCUT2D eigenvalue weighted by molar-refractivity contribution is 6.09. The number of hydrogen-bond acceptors (Lipinski definition) is 5. The van der Waals surface area contributed by atoms with E-state index in [0.717, 1.165) is 25.2 Å². The van der Waals surface area contributed by atoms with Gasteiger partial charge in [0.05, 0.1) is 18.7 Å². The Kier molecular flexibility index (Phi) is 6.39. The number of aliphatic hydroxyl groups is 1. The standard InChI is InChI=1S/C22H30N2O4/c1-15(2)20(25)18-19(16-8-7-9-17(14-16)28-3)24(22(27)21(18)26)13-12-23-10-5-4-6-11-23/h7-9,14-15,19,26H,4-6,10-13H2,1-3H3. The number of aliphatic hydroxyl groups excluding tert-OH is 1. The average Bonchev–Trinajstić information content (AvgIpc) is 2.97. The molecular formula is C22H30N2O4. The Labute approximate surface area is 166 Å². The maximum atomic E-state index is 12.9. The molecule has 6 nitrogen and oxygen atoms in total. The van der Waals surface area contributed by atoms with Gasteiger partial charge in [0.1, 0.15) is 5.75 Å². The van der Waals surface area contributed by atoms with E-state index in [2.05, 4.69) is 4.90 Å². The van der Waals surface area contributed by atoms with Gasteiger partial charge in [0.2, 0.25) is 0 Å². The van der Waals surface area contributed by atoms with Crippen LogP contribution in [0, 0.1) is 5.92 Å². The zero-order chi connectivity index (χ0) is 20.3. The van der Waals surface area contributed by atoms with Crippen LogP contribution < -0.4 is 4.74 Å². The summed E-state index contributed by atoms with van der Waals surface area (Å²) in [5, 5.41) is 10.6. The van der Waals surface area contributed by atoms with Gasteiger partial charge in [-0.05, 0) is 43.6 Å². The van der Waals surface area contributed by atoms with Crippen molar-refractivity contribution in [3.05, 3.63) is 41.2 Å². The maximum Gasteiger partial charge on any atom is 0.290 e. The van der Waals surface area contributed by atoms with Gasteiger partial charge >= 0.3 is 0 Å². The third-order valence-corrected chi connectivity index (χ3v) is 5.61. The number of likely N-dealkylation sites (tertiary alicyclic amines) is 1. The van der Waals surface area contributed by atoms with Crippen molar-refractivity contribution in [3.63, 3.8) is 0 Å². The number of piperidine rings is 1. The molecule has 0 saturated carbocycles. The van der Waals surface area contributed by atoms with E-state index in [1.54, 1.807) is 25.9 Å². The van der Waals surface area contributed by atoms with Gasteiger partial charge in [-0.3, -0.25) is 9.59 Å². The number of nitrogens with zero attached hydrogens (tertiary/aromatic N) is 2. The van der Waals surface area contributed by atoms with E-state index in [4.69, 9.17) is 4.74 Å². The molecule has 2 aliphatic rings. The molecule has 1 fully saturated rings. The Bertz CT molecular complexity index is 766. The van der Waals surface area contributed by atoms with E-state index in [-0.39, 0.29) is 17.3 Å². The van der Waals surface area contributed by atoms with E-state index in [0.29, 0.717) is 12.3 Å². The van der Waals surface area contributed by atoms with Crippen molar-refractivity contribution < 1.29 is 19.4 Å². The first kappa shape index (κ1) is 20.4. The lowest BCUT2D eigenvalue weighted by Gasteiger charge is -2.32. The fourth-order valence-corrected chi connectivity index (χ4v) is 4.04. The molecule has 1 unspecified atom stereocenters. The van der Waals surface area contributed by atoms with Crippen molar-refractivity contribution in [1.82, 2.24) is 9.80 Å². The second kappa shape index (κ2) is 8.78. The lowest BCUT2D eigenvalue weighted by molar-refractivity contribution is -0.129. The summed E-state index contributed by atoms with van der Waals surface area (Å²) >= 11 is 0. The zero-order valence-electron chi connectivity index (χ0n) is 17.0. The molecule has 0 spiro atoms. The van der Waals surface area contributed by atoms with Gasteiger partial charge in [0, 0.05) is 19.0 Å². The first-order valence-corrected chi connectivity index (χ1v) is 10.1. The first-order chi connectivity index (χ1) is 13.4. The van der Waals surface area contributed by atoms with E-state index < -0.39 is 17.7 Å². The van der Waals surface area contributed by atoms with Crippen molar-refractivity contribution >= 4 is 11.7 Å². The molecule has 0 aromatic heterocycles. The Morgan fingerprint density at radius 2 is 1.93 bits per heavy atom. The molecule has 1 atom stereocenters. The molecule has 0 bridgehead atoms. The molecule has 1 aromatic carbocycles. The van der Waals surface area contributed by atoms with Gasteiger partial charge in [-0.15, -0.1) is 0 Å². The van der Waals surface area contributed by atoms with Crippen molar-refractivity contribution in [2.24, 2.45) is 5.92 Å². The van der Waals surface area contributed by atoms with Gasteiger partial charge in [0.15, 0.2) is 11.5 Å². The Morgan fingerprint density at radius 3 is 2.57 bits per heavy atom. The smallest absolute Gasteiger partial charge is 0.290 e. The minimum absolute atomic E-state index is 0.195. The van der Waals surface area contributed by atoms with Crippen LogP contribution in [-0.4, -0.2) is 59.9 Å². The second-order valence-corrected chi connectivity index (χ2v) is 7.86. The van der Waals surface area contributed by atoms with Crippen LogP contribution in [0.15, 0.2) is 35.6 Å². The number of amides is 1. The Balaban J connectivity index is 1.92. The number of ketones is 1. The zero-order valence-corrected chi connectivity index (χ0v) is 17.0. The van der Waals surface area contributed by atoms with Gasteiger partial charge in [0.25, 0.3) is 5.91 Å². The quantitative estimate of drug-likeness (QED) is 0.780. The summed E-state index contributed by atoms with van der Waals surface area (Å²) in [4.78, 5) is 29.7. The number of ether oxygens (including phenoxy) is 1. The largest absolute Gasteiger partial charge is 0.503 e. The van der Waals surface area contributed by atoms with Gasteiger partial charge in [-0.25, -0.2) is 0 Å². The predicted octanol–water partition coefficient (Wildman–Crippen LogP) is 3.10. The second-order valence-electron chi connectivity index (χ2n) is 7.86. The molecule has 1 saturated heterocycles. The van der Waals surface area contributed by atoms with Crippen molar-refractivity contribution in [3.8, 4) is 5.75 Å². The molecule has 1 amide bonds. The first-order valence-electron chi connectivity index (χ1n) is 10.1. The Morgan fingerprint density at radius 1 is 1.21 bits per heavy atom. The van der Waals surface area contributed by atoms with Crippen molar-refractivity contribution in [1.29, 1.82) is 0 Å². The molecule has 152 valence electrons. The minimum Gasteiger partial charge on any atom is -0.503 e. The van der Waals surface area contributed by atoms with Crippen LogP contribution in [0.2, 0.25) is 0 Å². The van der Waals surface area contributed by atoms with Crippen molar-refractivity contribution in [2.45, 2.75) is 39.2 Å². The molecule has 1 N–H and O–H groups in total. The van der Waals surface area contributed by atoms with Crippen molar-refractivity contribution in [2.75, 3.05) is 33.3 Å². The lowest BCUT2D eigenvalue weighted by Crippen LogP contribution is -2.40. The summed E-state index contributed by atoms with van der Waals surface area (Å²) in [6.45, 7) is 6.84. The third-order valence-electron chi connectivity index (χ3n) is 5.61. The predicted molar refractivity (Wildman–Crippen MR) is 107 cm³/mol. The summed E-state index contributed by atoms with van der Waals surface area (Å²) in [7, 11) is 1.58. The SMILES string of the molecule is COc1cccc(C2C(C(=O)C(C)C)=C(O)C(=O)N2CCN2CCCCC2)c1. The molecule has 6 heteroatoms. The highest BCUT2D eigenvalue weighted by atomic mass is 16.5. The van der Waals surface area contributed by atoms with Crippen LogP contribution in [0.3, 0.4) is 0 Å². The van der Waals surface area contributed by atoms with Crippen LogP contribution in [0.5, 0.6) is 5.75 Å². The van der Waals surface area contributed by atoms with Gasteiger partial charge in [-0.2, -0.15) is 0 Å². The molecule has 0 aliphatic carbocycles. The molecule has 3 rings (SSSR count). The number of benzene rings is 1. The summed E-state index contributed by atoms with van der Waals surface area (Å²) in [5.41, 5.74) is 0.978. The van der Waals surface area contributed by atoms with E-state index in [1.165, 1.54) is 19.3 Å². The van der Waals surface area contributed by atoms with E-state index in [1.807, 2.05) is 24.3 Å². The third kappa shape index (κ3) is 4.07. The topological polar surface area (TPSA) is 70.1 Å². The normalized spacial score (nSPS) is 20.9. The highest BCUT2D eigenvalue weighted by Gasteiger charge is 2.43. The monoisotopic (exact) mass is 386 g/mol. The lowest BCUT2D eigenvalue weighted by atomic mass is 9.91. The van der Waals surface area contributed by atoms with Crippen LogP contribution >= 0.6 is 0 Å². The van der Waals surface area contributed by atoms with Crippen LogP contribution in [0.1, 0.15) is 44.7 Å². The molecule has 0 radical (unpaired) electrons. The average molecular weight is 386 g/mol.